The van der Waals surface area contributed by atoms with E-state index >= 15 is 0 Å². The molecule has 1 N–H and O–H groups in total. The number of ether oxygens (including phenoxy) is 2. The summed E-state index contributed by atoms with van der Waals surface area (Å²) in [7, 11) is 0.883. The van der Waals surface area contributed by atoms with Gasteiger partial charge < -0.3 is 14.4 Å². The molecule has 1 aromatic rings. The number of benzene rings is 1. The Kier molecular flexibility index (Phi) is 7.53. The van der Waals surface area contributed by atoms with E-state index in [9.17, 15) is 18.0 Å². The number of rotatable bonds is 8. The fourth-order valence-corrected chi connectivity index (χ4v) is 3.26. The minimum atomic E-state index is -3.71. The van der Waals surface area contributed by atoms with Gasteiger partial charge in [-0.05, 0) is 38.1 Å². The number of carbonyl (C=O) groups is 2. The summed E-state index contributed by atoms with van der Waals surface area (Å²) in [5.41, 5.74) is 0.155. The van der Waals surface area contributed by atoms with E-state index in [4.69, 9.17) is 9.47 Å². The monoisotopic (exact) mass is 372 g/mol. The van der Waals surface area contributed by atoms with Crippen LogP contribution in [0.5, 0.6) is 0 Å². The number of carbonyl (C=O) groups excluding carboxylic acids is 2. The van der Waals surface area contributed by atoms with Crippen molar-refractivity contribution in [2.24, 2.45) is 0 Å². The number of methoxy groups -OCH3 is 1. The highest BCUT2D eigenvalue weighted by Gasteiger charge is 2.21. The van der Waals surface area contributed by atoms with Crippen molar-refractivity contribution < 1.29 is 27.5 Å². The Labute approximate surface area is 148 Å². The lowest BCUT2D eigenvalue weighted by Gasteiger charge is -2.17. The van der Waals surface area contributed by atoms with Gasteiger partial charge in [0.15, 0.2) is 6.10 Å². The zero-order valence-corrected chi connectivity index (χ0v) is 15.8. The summed E-state index contributed by atoms with van der Waals surface area (Å²) in [6.45, 7) is 3.39. The number of esters is 1. The average molecular weight is 372 g/mol. The Morgan fingerprint density at radius 3 is 2.20 bits per heavy atom. The van der Waals surface area contributed by atoms with Crippen molar-refractivity contribution in [2.45, 2.75) is 30.9 Å². The summed E-state index contributed by atoms with van der Waals surface area (Å²) < 4.78 is 36.8. The second-order valence-electron chi connectivity index (χ2n) is 5.78. The summed E-state index contributed by atoms with van der Waals surface area (Å²) >= 11 is 0. The van der Waals surface area contributed by atoms with Gasteiger partial charge in [0.05, 0.1) is 17.1 Å². The summed E-state index contributed by atoms with van der Waals surface area (Å²) in [5, 5.41) is 0. The standard InChI is InChI=1S/C16H24N2O6S/c1-11(10-23-5)17-25(21,22)14-8-6-13(7-9-14)16(20)24-12(2)15(19)18(3)4/h6-9,11-12,17H,10H2,1-5H3/t11-,12+/m1/s1. The minimum absolute atomic E-state index is 0.0180. The summed E-state index contributed by atoms with van der Waals surface area (Å²) in [6, 6.07) is 4.89. The van der Waals surface area contributed by atoms with Gasteiger partial charge in [-0.1, -0.05) is 0 Å². The second kappa shape index (κ2) is 8.93. The van der Waals surface area contributed by atoms with Crippen LogP contribution >= 0.6 is 0 Å². The van der Waals surface area contributed by atoms with Crippen LogP contribution in [-0.4, -0.2) is 65.2 Å². The minimum Gasteiger partial charge on any atom is -0.449 e. The van der Waals surface area contributed by atoms with E-state index < -0.39 is 28.1 Å². The third-order valence-corrected chi connectivity index (χ3v) is 4.85. The average Bonchev–Trinajstić information content (AvgIpc) is 2.53. The van der Waals surface area contributed by atoms with Crippen LogP contribution in [0.4, 0.5) is 0 Å². The molecule has 9 heteroatoms. The van der Waals surface area contributed by atoms with E-state index in [-0.39, 0.29) is 23.0 Å². The molecule has 1 aromatic carbocycles. The van der Waals surface area contributed by atoms with Gasteiger partial charge in [0.1, 0.15) is 0 Å². The van der Waals surface area contributed by atoms with Crippen molar-refractivity contribution in [3.8, 4) is 0 Å². The topological polar surface area (TPSA) is 102 Å². The molecule has 140 valence electrons. The van der Waals surface area contributed by atoms with Crippen LogP contribution in [-0.2, 0) is 24.3 Å². The Morgan fingerprint density at radius 1 is 1.16 bits per heavy atom. The molecule has 2 atom stereocenters. The largest absolute Gasteiger partial charge is 0.449 e. The van der Waals surface area contributed by atoms with Gasteiger partial charge >= 0.3 is 5.97 Å². The molecule has 0 aliphatic carbocycles. The van der Waals surface area contributed by atoms with Crippen molar-refractivity contribution in [2.75, 3.05) is 27.8 Å². The third kappa shape index (κ3) is 6.11. The van der Waals surface area contributed by atoms with Crippen LogP contribution in [0.15, 0.2) is 29.2 Å². The van der Waals surface area contributed by atoms with E-state index in [1.807, 2.05) is 0 Å². The van der Waals surface area contributed by atoms with Gasteiger partial charge in [-0.15, -0.1) is 0 Å². The zero-order chi connectivity index (χ0) is 19.2. The maximum atomic E-state index is 12.2. The molecule has 1 rings (SSSR count). The molecule has 0 heterocycles. The molecule has 0 radical (unpaired) electrons. The van der Waals surface area contributed by atoms with Crippen LogP contribution in [0.3, 0.4) is 0 Å². The number of amides is 1. The van der Waals surface area contributed by atoms with Crippen LogP contribution in [0.25, 0.3) is 0 Å². The molecule has 0 unspecified atom stereocenters. The normalized spacial score (nSPS) is 13.8. The molecular formula is C16H24N2O6S. The number of hydrogen-bond acceptors (Lipinski definition) is 6. The molecule has 0 bridgehead atoms. The molecule has 0 fully saturated rings. The molecule has 0 aliphatic rings. The molecule has 25 heavy (non-hydrogen) atoms. The van der Waals surface area contributed by atoms with Crippen LogP contribution in [0.1, 0.15) is 24.2 Å². The van der Waals surface area contributed by atoms with Gasteiger partial charge in [0.2, 0.25) is 10.0 Å². The number of likely N-dealkylation sites (N-methyl/N-ethyl adjacent to an activating group) is 1. The van der Waals surface area contributed by atoms with Crippen molar-refractivity contribution >= 4 is 21.9 Å². The molecule has 1 amide bonds. The Morgan fingerprint density at radius 2 is 1.72 bits per heavy atom. The fourth-order valence-electron chi connectivity index (χ4n) is 2.03. The highest BCUT2D eigenvalue weighted by molar-refractivity contribution is 7.89. The Bertz CT molecular complexity index is 700. The first-order valence-corrected chi connectivity index (χ1v) is 9.10. The SMILES string of the molecule is COC[C@@H](C)NS(=O)(=O)c1ccc(C(=O)O[C@@H](C)C(=O)N(C)C)cc1. The lowest BCUT2D eigenvalue weighted by atomic mass is 10.2. The molecular weight excluding hydrogens is 348 g/mol. The predicted octanol–water partition coefficient (Wildman–Crippen LogP) is 0.633. The van der Waals surface area contributed by atoms with Gasteiger partial charge in [0, 0.05) is 27.2 Å². The quantitative estimate of drug-likeness (QED) is 0.672. The Balaban J connectivity index is 2.82. The number of nitrogens with one attached hydrogen (secondary N) is 1. The first kappa shape index (κ1) is 21.1. The van der Waals surface area contributed by atoms with E-state index in [2.05, 4.69) is 4.72 Å². The third-order valence-electron chi connectivity index (χ3n) is 3.25. The maximum absolute atomic E-state index is 12.2. The lowest BCUT2D eigenvalue weighted by molar-refractivity contribution is -0.137. The number of hydrogen-bond donors (Lipinski definition) is 1. The first-order valence-electron chi connectivity index (χ1n) is 7.62. The fraction of sp³-hybridized carbons (Fsp3) is 0.500. The van der Waals surface area contributed by atoms with Crippen LogP contribution in [0, 0.1) is 0 Å². The van der Waals surface area contributed by atoms with Gasteiger partial charge in [-0.3, -0.25) is 4.79 Å². The van der Waals surface area contributed by atoms with Crippen molar-refractivity contribution in [3.63, 3.8) is 0 Å². The van der Waals surface area contributed by atoms with Gasteiger partial charge in [-0.2, -0.15) is 0 Å². The lowest BCUT2D eigenvalue weighted by Crippen LogP contribution is -2.35. The summed E-state index contributed by atoms with van der Waals surface area (Å²) in [4.78, 5) is 25.1. The molecule has 0 saturated carbocycles. The zero-order valence-electron chi connectivity index (χ0n) is 15.0. The molecule has 0 spiro atoms. The first-order chi connectivity index (χ1) is 11.6. The van der Waals surface area contributed by atoms with Crippen LogP contribution < -0.4 is 4.72 Å². The highest BCUT2D eigenvalue weighted by atomic mass is 32.2. The molecule has 0 saturated heterocycles. The van der Waals surface area contributed by atoms with Gasteiger partial charge in [0.25, 0.3) is 5.91 Å². The van der Waals surface area contributed by atoms with E-state index in [0.29, 0.717) is 0 Å². The van der Waals surface area contributed by atoms with Crippen molar-refractivity contribution in [1.82, 2.24) is 9.62 Å². The number of nitrogens with zero attached hydrogens (tertiary/aromatic N) is 1. The maximum Gasteiger partial charge on any atom is 0.338 e. The van der Waals surface area contributed by atoms with Crippen molar-refractivity contribution in [1.29, 1.82) is 0 Å². The Hall–Kier alpha value is -1.97. The highest BCUT2D eigenvalue weighted by Crippen LogP contribution is 2.13. The molecule has 8 nitrogen and oxygen atoms in total. The van der Waals surface area contributed by atoms with E-state index in [1.54, 1.807) is 21.0 Å². The smallest absolute Gasteiger partial charge is 0.338 e. The number of sulfonamides is 1. The van der Waals surface area contributed by atoms with Crippen molar-refractivity contribution in [3.05, 3.63) is 29.8 Å². The predicted molar refractivity (Wildman–Crippen MR) is 91.7 cm³/mol. The summed E-state index contributed by atoms with van der Waals surface area (Å²) in [5.74, 6) is -1.05. The molecule has 0 aromatic heterocycles. The van der Waals surface area contributed by atoms with E-state index in [0.717, 1.165) is 0 Å². The summed E-state index contributed by atoms with van der Waals surface area (Å²) in [6.07, 6.45) is -0.928. The van der Waals surface area contributed by atoms with Crippen LogP contribution in [0.2, 0.25) is 0 Å². The van der Waals surface area contributed by atoms with E-state index in [1.165, 1.54) is 43.2 Å². The van der Waals surface area contributed by atoms with Gasteiger partial charge in [-0.25, -0.2) is 17.9 Å². The second-order valence-corrected chi connectivity index (χ2v) is 7.50. The molecule has 0 aliphatic heterocycles.